The summed E-state index contributed by atoms with van der Waals surface area (Å²) in [6, 6.07) is 32.9. The van der Waals surface area contributed by atoms with Crippen molar-refractivity contribution < 1.29 is 19.5 Å². The molecule has 0 saturated carbocycles. The predicted molar refractivity (Wildman–Crippen MR) is 157 cm³/mol. The van der Waals surface area contributed by atoms with Crippen LogP contribution in [0, 0.1) is 0 Å². The molecule has 40 heavy (non-hydrogen) atoms. The summed E-state index contributed by atoms with van der Waals surface area (Å²) in [6.45, 7) is 0.757. The van der Waals surface area contributed by atoms with Gasteiger partial charge in [0, 0.05) is 43.4 Å². The summed E-state index contributed by atoms with van der Waals surface area (Å²) < 4.78 is 0. The second kappa shape index (κ2) is 13.8. The number of carbonyl (C=O) groups excluding carboxylic acids is 2. The number of ketones is 2. The molecular weight excluding hydrogens is 500 g/mol. The zero-order valence-electron chi connectivity index (χ0n) is 22.4. The molecule has 0 fully saturated rings. The molecule has 2 N–H and O–H groups in total. The Labute approximate surface area is 234 Å². The predicted octanol–water partition coefficient (Wildman–Crippen LogP) is 5.65. The van der Waals surface area contributed by atoms with Gasteiger partial charge in [-0.2, -0.15) is 0 Å². The molecule has 0 bridgehead atoms. The number of carboxylic acid groups (broad SMARTS) is 1. The van der Waals surface area contributed by atoms with Gasteiger partial charge in [0.2, 0.25) is 0 Å². The van der Waals surface area contributed by atoms with Crippen LogP contribution in [0.15, 0.2) is 121 Å². The monoisotopic (exact) mass is 532 g/mol. The molecule has 0 aliphatic carbocycles. The van der Waals surface area contributed by atoms with Crippen LogP contribution >= 0.6 is 0 Å². The van der Waals surface area contributed by atoms with E-state index in [1.807, 2.05) is 66.7 Å². The first-order valence-electron chi connectivity index (χ1n) is 13.1. The highest BCUT2D eigenvalue weighted by Crippen LogP contribution is 2.26. The molecule has 0 amide bonds. The summed E-state index contributed by atoms with van der Waals surface area (Å²) in [7, 11) is 1.67. The Morgan fingerprint density at radius 3 is 2.17 bits per heavy atom. The number of carbonyl (C=O) groups is 3. The number of allylic oxidation sites excluding steroid dienone is 1. The van der Waals surface area contributed by atoms with Gasteiger partial charge in [-0.1, -0.05) is 103 Å². The van der Waals surface area contributed by atoms with E-state index in [2.05, 4.69) is 11.4 Å². The third-order valence-electron chi connectivity index (χ3n) is 6.68. The molecular formula is C34H32N2O4. The van der Waals surface area contributed by atoms with Crippen molar-refractivity contribution in [1.82, 2.24) is 10.2 Å². The van der Waals surface area contributed by atoms with E-state index in [0.29, 0.717) is 17.7 Å². The van der Waals surface area contributed by atoms with Crippen molar-refractivity contribution in [3.8, 4) is 11.1 Å². The van der Waals surface area contributed by atoms with Gasteiger partial charge in [0.15, 0.2) is 11.6 Å². The largest absolute Gasteiger partial charge is 0.480 e. The van der Waals surface area contributed by atoms with E-state index in [0.717, 1.165) is 22.3 Å². The van der Waals surface area contributed by atoms with Crippen LogP contribution in [-0.4, -0.2) is 47.2 Å². The molecule has 0 heterocycles. The van der Waals surface area contributed by atoms with Crippen molar-refractivity contribution in [3.63, 3.8) is 0 Å². The van der Waals surface area contributed by atoms with Gasteiger partial charge in [0.05, 0.1) is 6.54 Å². The SMILES string of the molecule is CN(C=CC(=O)c1ccccc1)C(Cc1ccccc1-c1cccc(CNCC(=O)c2ccccc2)c1)C(=O)O. The molecule has 202 valence electrons. The molecule has 6 heteroatoms. The van der Waals surface area contributed by atoms with E-state index in [1.54, 1.807) is 48.3 Å². The lowest BCUT2D eigenvalue weighted by atomic mass is 9.94. The molecule has 0 aromatic heterocycles. The highest BCUT2D eigenvalue weighted by Gasteiger charge is 2.23. The Morgan fingerprint density at radius 2 is 1.48 bits per heavy atom. The fourth-order valence-corrected chi connectivity index (χ4v) is 4.48. The highest BCUT2D eigenvalue weighted by molar-refractivity contribution is 6.04. The maximum atomic E-state index is 12.5. The number of Topliss-reactive ketones (excluding diaryl/α,β-unsaturated/α-hetero) is 1. The Balaban J connectivity index is 1.45. The average Bonchev–Trinajstić information content (AvgIpc) is 2.99. The molecule has 4 aromatic carbocycles. The maximum Gasteiger partial charge on any atom is 0.326 e. The summed E-state index contributed by atoms with van der Waals surface area (Å²) in [5, 5.41) is 13.2. The third-order valence-corrected chi connectivity index (χ3v) is 6.68. The Morgan fingerprint density at radius 1 is 0.825 bits per heavy atom. The standard InChI is InChI=1S/C34H32N2O4/c1-36(20-19-32(37)26-12-4-2-5-13-26)31(34(39)40)22-29-16-8-9-18-30(29)28-17-10-11-25(21-28)23-35-24-33(38)27-14-6-3-7-15-27/h2-21,31,35H,22-24H2,1H3,(H,39,40). The number of likely N-dealkylation sites (N-methyl/N-ethyl adjacent to an activating group) is 1. The second-order valence-corrected chi connectivity index (χ2v) is 9.52. The van der Waals surface area contributed by atoms with Gasteiger partial charge in [0.1, 0.15) is 6.04 Å². The van der Waals surface area contributed by atoms with Crippen molar-refractivity contribution in [3.05, 3.63) is 144 Å². The topological polar surface area (TPSA) is 86.7 Å². The lowest BCUT2D eigenvalue weighted by Crippen LogP contribution is -2.37. The summed E-state index contributed by atoms with van der Waals surface area (Å²) in [5.41, 5.74) is 5.02. The fourth-order valence-electron chi connectivity index (χ4n) is 4.48. The number of hydrogen-bond acceptors (Lipinski definition) is 5. The van der Waals surface area contributed by atoms with Gasteiger partial charge in [-0.05, 0) is 28.3 Å². The molecule has 1 unspecified atom stereocenters. The first kappa shape index (κ1) is 28.2. The first-order valence-corrected chi connectivity index (χ1v) is 13.1. The van der Waals surface area contributed by atoms with Crippen molar-refractivity contribution in [2.45, 2.75) is 19.0 Å². The van der Waals surface area contributed by atoms with Crippen LogP contribution in [0.3, 0.4) is 0 Å². The zero-order chi connectivity index (χ0) is 28.3. The Hall–Kier alpha value is -4.81. The van der Waals surface area contributed by atoms with E-state index in [9.17, 15) is 19.5 Å². The van der Waals surface area contributed by atoms with Gasteiger partial charge in [0.25, 0.3) is 0 Å². The number of nitrogens with zero attached hydrogens (tertiary/aromatic N) is 1. The second-order valence-electron chi connectivity index (χ2n) is 9.52. The van der Waals surface area contributed by atoms with Gasteiger partial charge >= 0.3 is 5.97 Å². The van der Waals surface area contributed by atoms with Crippen LogP contribution in [0.2, 0.25) is 0 Å². The third kappa shape index (κ3) is 7.62. The van der Waals surface area contributed by atoms with E-state index in [1.165, 1.54) is 12.3 Å². The van der Waals surface area contributed by atoms with E-state index >= 15 is 0 Å². The fraction of sp³-hybridized carbons (Fsp3) is 0.147. The molecule has 0 aliphatic heterocycles. The number of carboxylic acids is 1. The molecule has 0 spiro atoms. The highest BCUT2D eigenvalue weighted by atomic mass is 16.4. The van der Waals surface area contributed by atoms with Crippen LogP contribution in [0.4, 0.5) is 0 Å². The molecule has 0 aliphatic rings. The zero-order valence-corrected chi connectivity index (χ0v) is 22.4. The maximum absolute atomic E-state index is 12.5. The summed E-state index contributed by atoms with van der Waals surface area (Å²) in [5.74, 6) is -1.13. The Bertz CT molecular complexity index is 1480. The number of nitrogens with one attached hydrogen (secondary N) is 1. The average molecular weight is 533 g/mol. The minimum atomic E-state index is -0.977. The summed E-state index contributed by atoms with van der Waals surface area (Å²) in [4.78, 5) is 38.7. The quantitative estimate of drug-likeness (QED) is 0.171. The molecule has 6 nitrogen and oxygen atoms in total. The van der Waals surface area contributed by atoms with E-state index in [4.69, 9.17) is 0 Å². The number of aliphatic carboxylic acids is 1. The van der Waals surface area contributed by atoms with Crippen LogP contribution in [0.25, 0.3) is 11.1 Å². The van der Waals surface area contributed by atoms with Crippen LogP contribution in [-0.2, 0) is 17.8 Å². The number of rotatable bonds is 13. The van der Waals surface area contributed by atoms with E-state index in [-0.39, 0.29) is 24.5 Å². The molecule has 4 aromatic rings. The van der Waals surface area contributed by atoms with Gasteiger partial charge < -0.3 is 15.3 Å². The van der Waals surface area contributed by atoms with Crippen molar-refractivity contribution in [2.75, 3.05) is 13.6 Å². The molecule has 1 atom stereocenters. The van der Waals surface area contributed by atoms with E-state index < -0.39 is 12.0 Å². The van der Waals surface area contributed by atoms with Crippen LogP contribution in [0.5, 0.6) is 0 Å². The van der Waals surface area contributed by atoms with Crippen molar-refractivity contribution >= 4 is 17.5 Å². The summed E-state index contributed by atoms with van der Waals surface area (Å²) >= 11 is 0. The number of benzene rings is 4. The molecule has 4 rings (SSSR count). The minimum absolute atomic E-state index is 0.0328. The smallest absolute Gasteiger partial charge is 0.326 e. The minimum Gasteiger partial charge on any atom is -0.480 e. The summed E-state index contributed by atoms with van der Waals surface area (Å²) in [6.07, 6.45) is 3.18. The normalized spacial score (nSPS) is 11.7. The Kier molecular flexibility index (Phi) is 9.75. The van der Waals surface area contributed by atoms with Crippen molar-refractivity contribution in [1.29, 1.82) is 0 Å². The van der Waals surface area contributed by atoms with Crippen LogP contribution < -0.4 is 5.32 Å². The molecule has 0 radical (unpaired) electrons. The number of hydrogen-bond donors (Lipinski definition) is 2. The van der Waals surface area contributed by atoms with Crippen molar-refractivity contribution in [2.24, 2.45) is 0 Å². The lowest BCUT2D eigenvalue weighted by Gasteiger charge is -2.24. The lowest BCUT2D eigenvalue weighted by molar-refractivity contribution is -0.141. The van der Waals surface area contributed by atoms with Gasteiger partial charge in [-0.25, -0.2) is 4.79 Å². The first-order chi connectivity index (χ1) is 19.4. The molecule has 0 saturated heterocycles. The van der Waals surface area contributed by atoms with Crippen LogP contribution in [0.1, 0.15) is 31.8 Å². The van der Waals surface area contributed by atoms with Gasteiger partial charge in [-0.3, -0.25) is 9.59 Å². The van der Waals surface area contributed by atoms with Gasteiger partial charge in [-0.15, -0.1) is 0 Å².